The number of benzene rings is 2. The Hall–Kier alpha value is -3.21. The van der Waals surface area contributed by atoms with Gasteiger partial charge >= 0.3 is 0 Å². The smallest absolute Gasteiger partial charge is 0.257 e. The number of ether oxygens (including phenoxy) is 1. The van der Waals surface area contributed by atoms with Crippen LogP contribution in [0.5, 0.6) is 11.5 Å². The highest BCUT2D eigenvalue weighted by atomic mass is 19.1. The molecule has 0 atom stereocenters. The number of halogens is 1. The fraction of sp³-hybridized carbons (Fsp3) is 0.143. The van der Waals surface area contributed by atoms with E-state index in [1.54, 1.807) is 42.5 Å². The third-order valence-corrected chi connectivity index (χ3v) is 3.89. The van der Waals surface area contributed by atoms with Gasteiger partial charge in [-0.2, -0.15) is 0 Å². The monoisotopic (exact) mass is 350 g/mol. The second-order valence-electron chi connectivity index (χ2n) is 5.83. The maximum atomic E-state index is 13.2. The molecule has 0 aliphatic heterocycles. The van der Waals surface area contributed by atoms with Gasteiger partial charge in [-0.05, 0) is 61.9 Å². The molecule has 26 heavy (non-hydrogen) atoms. The predicted octanol–water partition coefficient (Wildman–Crippen LogP) is 5.14. The molecule has 1 aromatic heterocycles. The minimum atomic E-state index is -0.357. The number of aromatic nitrogens is 1. The van der Waals surface area contributed by atoms with Crippen LogP contribution >= 0.6 is 0 Å². The van der Waals surface area contributed by atoms with Crippen molar-refractivity contribution < 1.29 is 13.9 Å². The van der Waals surface area contributed by atoms with Crippen molar-refractivity contribution in [1.82, 2.24) is 4.98 Å². The van der Waals surface area contributed by atoms with Crippen LogP contribution < -0.4 is 10.1 Å². The van der Waals surface area contributed by atoms with E-state index in [2.05, 4.69) is 10.3 Å². The number of carbonyl (C=O) groups is 1. The Labute approximate surface area is 151 Å². The molecular weight excluding hydrogens is 331 g/mol. The summed E-state index contributed by atoms with van der Waals surface area (Å²) in [5.41, 5.74) is 2.84. The first-order valence-electron chi connectivity index (χ1n) is 8.36. The zero-order chi connectivity index (χ0) is 18.5. The molecule has 3 rings (SSSR count). The van der Waals surface area contributed by atoms with Crippen molar-refractivity contribution in [3.63, 3.8) is 0 Å². The first kappa shape index (κ1) is 17.6. The molecule has 0 fully saturated rings. The lowest BCUT2D eigenvalue weighted by atomic mass is 10.1. The summed E-state index contributed by atoms with van der Waals surface area (Å²) in [6, 6.07) is 16.5. The Morgan fingerprint density at radius 3 is 2.50 bits per heavy atom. The Kier molecular flexibility index (Phi) is 5.27. The minimum absolute atomic E-state index is 0.212. The van der Waals surface area contributed by atoms with Gasteiger partial charge in [-0.25, -0.2) is 4.39 Å². The topological polar surface area (TPSA) is 51.2 Å². The molecule has 132 valence electrons. The standard InChI is InChI=1S/C21H19FN2O2/c1-3-16-9-12-20(14(2)23-16)21(25)24-17-7-10-18(11-8-17)26-19-6-4-5-15(22)13-19/h4-13H,3H2,1-2H3,(H,24,25). The number of carbonyl (C=O) groups excluding carboxylic acids is 1. The van der Waals surface area contributed by atoms with Gasteiger partial charge in [-0.3, -0.25) is 9.78 Å². The van der Waals surface area contributed by atoms with Gasteiger partial charge in [-0.1, -0.05) is 13.0 Å². The molecule has 1 heterocycles. The zero-order valence-corrected chi connectivity index (χ0v) is 14.6. The normalized spacial score (nSPS) is 10.4. The summed E-state index contributed by atoms with van der Waals surface area (Å²) in [4.78, 5) is 16.8. The lowest BCUT2D eigenvalue weighted by Crippen LogP contribution is -2.14. The fourth-order valence-electron chi connectivity index (χ4n) is 2.52. The zero-order valence-electron chi connectivity index (χ0n) is 14.6. The van der Waals surface area contributed by atoms with Crippen LogP contribution in [0.4, 0.5) is 10.1 Å². The fourth-order valence-corrected chi connectivity index (χ4v) is 2.52. The number of rotatable bonds is 5. The van der Waals surface area contributed by atoms with Crippen molar-refractivity contribution in [2.24, 2.45) is 0 Å². The van der Waals surface area contributed by atoms with Gasteiger partial charge < -0.3 is 10.1 Å². The van der Waals surface area contributed by atoms with Crippen molar-refractivity contribution >= 4 is 11.6 Å². The Morgan fingerprint density at radius 1 is 1.08 bits per heavy atom. The molecule has 1 N–H and O–H groups in total. The molecule has 4 nitrogen and oxygen atoms in total. The van der Waals surface area contributed by atoms with Crippen LogP contribution in [-0.2, 0) is 6.42 Å². The molecular formula is C21H19FN2O2. The number of hydrogen-bond acceptors (Lipinski definition) is 3. The molecule has 0 bridgehead atoms. The van der Waals surface area contributed by atoms with Gasteiger partial charge in [0.2, 0.25) is 0 Å². The van der Waals surface area contributed by atoms with Crippen LogP contribution in [0.15, 0.2) is 60.7 Å². The minimum Gasteiger partial charge on any atom is -0.457 e. The largest absolute Gasteiger partial charge is 0.457 e. The molecule has 3 aromatic rings. The predicted molar refractivity (Wildman–Crippen MR) is 99.2 cm³/mol. The quantitative estimate of drug-likeness (QED) is 0.693. The Bertz CT molecular complexity index is 924. The van der Waals surface area contributed by atoms with Gasteiger partial charge in [-0.15, -0.1) is 0 Å². The number of anilines is 1. The van der Waals surface area contributed by atoms with Crippen molar-refractivity contribution in [1.29, 1.82) is 0 Å². The highest BCUT2D eigenvalue weighted by Crippen LogP contribution is 2.24. The van der Waals surface area contributed by atoms with Crippen LogP contribution in [0, 0.1) is 12.7 Å². The third kappa shape index (κ3) is 4.25. The second-order valence-corrected chi connectivity index (χ2v) is 5.83. The summed E-state index contributed by atoms with van der Waals surface area (Å²) in [6.07, 6.45) is 0.829. The Balaban J connectivity index is 1.68. The summed E-state index contributed by atoms with van der Waals surface area (Å²) in [6.45, 7) is 3.85. The van der Waals surface area contributed by atoms with Crippen LogP contribution in [-0.4, -0.2) is 10.9 Å². The molecule has 0 saturated carbocycles. The van der Waals surface area contributed by atoms with E-state index >= 15 is 0 Å². The highest BCUT2D eigenvalue weighted by Gasteiger charge is 2.11. The summed E-state index contributed by atoms with van der Waals surface area (Å²) in [5, 5.41) is 2.84. The van der Waals surface area contributed by atoms with E-state index in [1.807, 2.05) is 19.9 Å². The third-order valence-electron chi connectivity index (χ3n) is 3.89. The Morgan fingerprint density at radius 2 is 1.85 bits per heavy atom. The molecule has 2 aromatic carbocycles. The average molecular weight is 350 g/mol. The molecule has 0 aliphatic carbocycles. The van der Waals surface area contributed by atoms with E-state index in [1.165, 1.54) is 12.1 Å². The van der Waals surface area contributed by atoms with E-state index in [9.17, 15) is 9.18 Å². The van der Waals surface area contributed by atoms with Crippen molar-refractivity contribution in [2.45, 2.75) is 20.3 Å². The van der Waals surface area contributed by atoms with E-state index in [0.29, 0.717) is 28.4 Å². The second kappa shape index (κ2) is 7.78. The molecule has 0 spiro atoms. The highest BCUT2D eigenvalue weighted by molar-refractivity contribution is 6.05. The summed E-state index contributed by atoms with van der Waals surface area (Å²) in [5.74, 6) is 0.402. The lowest BCUT2D eigenvalue weighted by molar-refractivity contribution is 0.102. The number of pyridine rings is 1. The summed E-state index contributed by atoms with van der Waals surface area (Å²) in [7, 11) is 0. The number of hydrogen-bond donors (Lipinski definition) is 1. The van der Waals surface area contributed by atoms with E-state index in [0.717, 1.165) is 12.1 Å². The SMILES string of the molecule is CCc1ccc(C(=O)Nc2ccc(Oc3cccc(F)c3)cc2)c(C)n1. The molecule has 0 aliphatic rings. The first-order chi connectivity index (χ1) is 12.5. The van der Waals surface area contributed by atoms with Crippen LogP contribution in [0.3, 0.4) is 0 Å². The van der Waals surface area contributed by atoms with E-state index < -0.39 is 0 Å². The van der Waals surface area contributed by atoms with Gasteiger partial charge in [0.1, 0.15) is 17.3 Å². The van der Waals surface area contributed by atoms with Crippen LogP contribution in [0.1, 0.15) is 28.7 Å². The molecule has 5 heteroatoms. The van der Waals surface area contributed by atoms with Crippen LogP contribution in [0.25, 0.3) is 0 Å². The number of nitrogens with zero attached hydrogens (tertiary/aromatic N) is 1. The number of amides is 1. The van der Waals surface area contributed by atoms with E-state index in [-0.39, 0.29) is 11.7 Å². The van der Waals surface area contributed by atoms with Gasteiger partial charge in [0, 0.05) is 17.4 Å². The van der Waals surface area contributed by atoms with Crippen molar-refractivity contribution in [3.8, 4) is 11.5 Å². The maximum Gasteiger partial charge on any atom is 0.257 e. The number of aryl methyl sites for hydroxylation is 2. The average Bonchev–Trinajstić information content (AvgIpc) is 2.63. The van der Waals surface area contributed by atoms with Crippen molar-refractivity contribution in [3.05, 3.63) is 83.4 Å². The molecule has 0 unspecified atom stereocenters. The first-order valence-corrected chi connectivity index (χ1v) is 8.36. The number of nitrogens with one attached hydrogen (secondary N) is 1. The summed E-state index contributed by atoms with van der Waals surface area (Å²) >= 11 is 0. The van der Waals surface area contributed by atoms with Gasteiger partial charge in [0.25, 0.3) is 5.91 Å². The van der Waals surface area contributed by atoms with Crippen molar-refractivity contribution in [2.75, 3.05) is 5.32 Å². The van der Waals surface area contributed by atoms with Gasteiger partial charge in [0.05, 0.1) is 11.3 Å². The molecule has 1 amide bonds. The molecule has 0 radical (unpaired) electrons. The van der Waals surface area contributed by atoms with Gasteiger partial charge in [0.15, 0.2) is 0 Å². The van der Waals surface area contributed by atoms with Crippen LogP contribution in [0.2, 0.25) is 0 Å². The lowest BCUT2D eigenvalue weighted by Gasteiger charge is -2.10. The maximum absolute atomic E-state index is 13.2. The summed E-state index contributed by atoms with van der Waals surface area (Å²) < 4.78 is 18.8. The molecule has 0 saturated heterocycles. The van der Waals surface area contributed by atoms with E-state index in [4.69, 9.17) is 4.74 Å².